The number of anilines is 1. The fraction of sp³-hybridized carbons (Fsp3) is 0.167. The molecule has 1 amide bonds. The Bertz CT molecular complexity index is 1190. The highest BCUT2D eigenvalue weighted by Crippen LogP contribution is 2.23. The molecular weight excluding hydrogens is 440 g/mol. The van der Waals surface area contributed by atoms with Gasteiger partial charge in [-0.2, -0.15) is 0 Å². The molecule has 0 aliphatic rings. The van der Waals surface area contributed by atoms with E-state index in [4.69, 9.17) is 11.6 Å². The van der Waals surface area contributed by atoms with E-state index in [1.807, 2.05) is 54.6 Å². The Kier molecular flexibility index (Phi) is 8.13. The lowest BCUT2D eigenvalue weighted by Gasteiger charge is -2.17. The topological polar surface area (TPSA) is 32.3 Å². The number of halogens is 1. The molecule has 4 rings (SSSR count). The van der Waals surface area contributed by atoms with Crippen molar-refractivity contribution in [3.63, 3.8) is 0 Å². The highest BCUT2D eigenvalue weighted by Gasteiger charge is 2.06. The lowest BCUT2D eigenvalue weighted by atomic mass is 10.1. The molecule has 3 nitrogen and oxygen atoms in total. The second-order valence-electron chi connectivity index (χ2n) is 8.61. The van der Waals surface area contributed by atoms with E-state index in [0.29, 0.717) is 6.42 Å². The maximum absolute atomic E-state index is 12.4. The Hall–Kier alpha value is -3.40. The molecule has 4 heteroatoms. The SMILES string of the molecule is CN(Cc1ccccc1)Cc1ccc(CCC(=O)Nc2ccc(-c3ccc(Cl)cc3)cc2)cc1. The molecule has 0 heterocycles. The molecule has 1 N–H and O–H groups in total. The maximum atomic E-state index is 12.4. The number of carbonyl (C=O) groups excluding carboxylic acids is 1. The second-order valence-corrected chi connectivity index (χ2v) is 9.04. The number of nitrogens with one attached hydrogen (secondary N) is 1. The standard InChI is InChI=1S/C30H29ClN2O/c1-33(21-24-5-3-2-4-6-24)22-25-9-7-23(8-10-25)11-20-30(34)32-29-18-14-27(15-19-29)26-12-16-28(31)17-13-26/h2-10,12-19H,11,20-22H2,1H3,(H,32,34). The number of hydrogen-bond donors (Lipinski definition) is 1. The molecular formula is C30H29ClN2O. The molecule has 172 valence electrons. The van der Waals surface area contributed by atoms with Crippen LogP contribution in [0.1, 0.15) is 23.1 Å². The van der Waals surface area contributed by atoms with E-state index in [2.05, 4.69) is 65.8 Å². The van der Waals surface area contributed by atoms with Gasteiger partial charge in [0.05, 0.1) is 0 Å². The molecule has 0 saturated carbocycles. The third kappa shape index (κ3) is 7.05. The zero-order chi connectivity index (χ0) is 23.8. The van der Waals surface area contributed by atoms with Crippen LogP contribution in [0.25, 0.3) is 11.1 Å². The summed E-state index contributed by atoms with van der Waals surface area (Å²) in [5, 5.41) is 3.71. The van der Waals surface area contributed by atoms with Gasteiger partial charge in [0.15, 0.2) is 0 Å². The van der Waals surface area contributed by atoms with E-state index in [0.717, 1.165) is 41.3 Å². The smallest absolute Gasteiger partial charge is 0.224 e. The van der Waals surface area contributed by atoms with Gasteiger partial charge >= 0.3 is 0 Å². The van der Waals surface area contributed by atoms with Crippen LogP contribution in [0.15, 0.2) is 103 Å². The first-order valence-electron chi connectivity index (χ1n) is 11.5. The maximum Gasteiger partial charge on any atom is 0.224 e. The molecule has 0 aliphatic heterocycles. The second kappa shape index (κ2) is 11.6. The van der Waals surface area contributed by atoms with Crippen LogP contribution in [0.3, 0.4) is 0 Å². The van der Waals surface area contributed by atoms with E-state index in [1.165, 1.54) is 16.7 Å². The van der Waals surface area contributed by atoms with Crippen LogP contribution in [-0.4, -0.2) is 17.9 Å². The first-order valence-corrected chi connectivity index (χ1v) is 11.9. The van der Waals surface area contributed by atoms with Crippen LogP contribution < -0.4 is 5.32 Å². The van der Waals surface area contributed by atoms with Crippen molar-refractivity contribution < 1.29 is 4.79 Å². The van der Waals surface area contributed by atoms with Gasteiger partial charge in [0, 0.05) is 30.2 Å². The van der Waals surface area contributed by atoms with Crippen molar-refractivity contribution in [1.82, 2.24) is 4.90 Å². The summed E-state index contributed by atoms with van der Waals surface area (Å²) in [6.45, 7) is 1.81. The summed E-state index contributed by atoms with van der Waals surface area (Å²) >= 11 is 5.96. The molecule has 0 saturated heterocycles. The number of carbonyl (C=O) groups is 1. The van der Waals surface area contributed by atoms with Gasteiger partial charge in [0.25, 0.3) is 0 Å². The minimum atomic E-state index is 0.0194. The fourth-order valence-electron chi connectivity index (χ4n) is 3.94. The summed E-state index contributed by atoms with van der Waals surface area (Å²) in [7, 11) is 2.13. The van der Waals surface area contributed by atoms with Crippen molar-refractivity contribution in [1.29, 1.82) is 0 Å². The van der Waals surface area contributed by atoms with Crippen molar-refractivity contribution in [2.24, 2.45) is 0 Å². The Morgan fingerprint density at radius 1 is 0.706 bits per heavy atom. The van der Waals surface area contributed by atoms with Gasteiger partial charge in [0.1, 0.15) is 0 Å². The summed E-state index contributed by atoms with van der Waals surface area (Å²) in [5.41, 5.74) is 6.74. The Morgan fingerprint density at radius 2 is 1.24 bits per heavy atom. The van der Waals surface area contributed by atoms with Gasteiger partial charge in [-0.25, -0.2) is 0 Å². The Labute approximate surface area is 207 Å². The van der Waals surface area contributed by atoms with Gasteiger partial charge in [0.2, 0.25) is 5.91 Å². The number of aryl methyl sites for hydroxylation is 1. The van der Waals surface area contributed by atoms with E-state index < -0.39 is 0 Å². The molecule has 0 aromatic heterocycles. The number of benzene rings is 4. The molecule has 4 aromatic rings. The molecule has 0 atom stereocenters. The fourth-order valence-corrected chi connectivity index (χ4v) is 4.07. The summed E-state index contributed by atoms with van der Waals surface area (Å²) in [5.74, 6) is 0.0194. The third-order valence-electron chi connectivity index (χ3n) is 5.76. The molecule has 34 heavy (non-hydrogen) atoms. The predicted molar refractivity (Wildman–Crippen MR) is 142 cm³/mol. The number of hydrogen-bond acceptors (Lipinski definition) is 2. The highest BCUT2D eigenvalue weighted by atomic mass is 35.5. The largest absolute Gasteiger partial charge is 0.326 e. The molecule has 0 radical (unpaired) electrons. The molecule has 0 fully saturated rings. The summed E-state index contributed by atoms with van der Waals surface area (Å²) in [4.78, 5) is 14.7. The van der Waals surface area contributed by atoms with Crippen LogP contribution in [-0.2, 0) is 24.3 Å². The van der Waals surface area contributed by atoms with Crippen LogP contribution in [0.4, 0.5) is 5.69 Å². The van der Waals surface area contributed by atoms with Gasteiger partial charge < -0.3 is 5.32 Å². The van der Waals surface area contributed by atoms with Crippen LogP contribution >= 0.6 is 11.6 Å². The summed E-state index contributed by atoms with van der Waals surface area (Å²) in [6, 6.07) is 34.7. The van der Waals surface area contributed by atoms with E-state index in [9.17, 15) is 4.79 Å². The lowest BCUT2D eigenvalue weighted by Crippen LogP contribution is -2.17. The molecule has 0 bridgehead atoms. The molecule has 4 aromatic carbocycles. The van der Waals surface area contributed by atoms with Crippen molar-refractivity contribution >= 4 is 23.2 Å². The van der Waals surface area contributed by atoms with E-state index >= 15 is 0 Å². The lowest BCUT2D eigenvalue weighted by molar-refractivity contribution is -0.116. The first kappa shape index (κ1) is 23.7. The normalized spacial score (nSPS) is 10.9. The average molecular weight is 469 g/mol. The average Bonchev–Trinajstić information content (AvgIpc) is 2.85. The van der Waals surface area contributed by atoms with E-state index in [1.54, 1.807) is 0 Å². The number of rotatable bonds is 9. The number of amides is 1. The highest BCUT2D eigenvalue weighted by molar-refractivity contribution is 6.30. The van der Waals surface area contributed by atoms with Crippen molar-refractivity contribution in [2.45, 2.75) is 25.9 Å². The van der Waals surface area contributed by atoms with Crippen LogP contribution in [0, 0.1) is 0 Å². The van der Waals surface area contributed by atoms with Gasteiger partial charge in [-0.05, 0) is 65.6 Å². The van der Waals surface area contributed by atoms with E-state index in [-0.39, 0.29) is 5.91 Å². The van der Waals surface area contributed by atoms with Gasteiger partial charge in [-0.1, -0.05) is 90.5 Å². The quantitative estimate of drug-likeness (QED) is 0.281. The molecule has 0 unspecified atom stereocenters. The van der Waals surface area contributed by atoms with Crippen molar-refractivity contribution in [3.05, 3.63) is 125 Å². The summed E-state index contributed by atoms with van der Waals surface area (Å²) in [6.07, 6.45) is 1.17. The third-order valence-corrected chi connectivity index (χ3v) is 6.01. The van der Waals surface area contributed by atoms with Crippen molar-refractivity contribution in [3.8, 4) is 11.1 Å². The monoisotopic (exact) mass is 468 g/mol. The predicted octanol–water partition coefficient (Wildman–Crippen LogP) is 7.21. The summed E-state index contributed by atoms with van der Waals surface area (Å²) < 4.78 is 0. The Balaban J connectivity index is 1.23. The molecule has 0 spiro atoms. The minimum absolute atomic E-state index is 0.0194. The van der Waals surface area contributed by atoms with Gasteiger partial charge in [-0.3, -0.25) is 9.69 Å². The molecule has 0 aliphatic carbocycles. The zero-order valence-corrected chi connectivity index (χ0v) is 20.1. The zero-order valence-electron chi connectivity index (χ0n) is 19.4. The van der Waals surface area contributed by atoms with Gasteiger partial charge in [-0.15, -0.1) is 0 Å². The minimum Gasteiger partial charge on any atom is -0.326 e. The first-order chi connectivity index (χ1) is 16.5. The van der Waals surface area contributed by atoms with Crippen LogP contribution in [0.5, 0.6) is 0 Å². The Morgan fingerprint density at radius 3 is 1.85 bits per heavy atom. The number of nitrogens with zero attached hydrogens (tertiary/aromatic N) is 1. The van der Waals surface area contributed by atoms with Crippen molar-refractivity contribution in [2.75, 3.05) is 12.4 Å². The van der Waals surface area contributed by atoms with Crippen LogP contribution in [0.2, 0.25) is 5.02 Å².